The summed E-state index contributed by atoms with van der Waals surface area (Å²) in [5.74, 6) is 0.0765. The van der Waals surface area contributed by atoms with Crippen molar-refractivity contribution in [1.82, 2.24) is 19.6 Å². The lowest BCUT2D eigenvalue weighted by atomic mass is 9.99. The molecule has 3 aromatic rings. The number of benzene rings is 1. The van der Waals surface area contributed by atoms with Gasteiger partial charge in [0.15, 0.2) is 0 Å². The van der Waals surface area contributed by atoms with E-state index in [1.807, 2.05) is 31.2 Å². The van der Waals surface area contributed by atoms with Gasteiger partial charge in [0.1, 0.15) is 5.82 Å². The lowest BCUT2D eigenvalue weighted by Gasteiger charge is -2.19. The highest BCUT2D eigenvalue weighted by Crippen LogP contribution is 2.32. The Bertz CT molecular complexity index is 971. The van der Waals surface area contributed by atoms with Gasteiger partial charge in [0.05, 0.1) is 0 Å². The molecule has 0 spiro atoms. The average Bonchev–Trinajstić information content (AvgIpc) is 3.21. The summed E-state index contributed by atoms with van der Waals surface area (Å²) in [6.07, 6.45) is 0.990. The summed E-state index contributed by atoms with van der Waals surface area (Å²) in [7, 11) is 0. The lowest BCUT2D eigenvalue weighted by molar-refractivity contribution is 0.0684. The fraction of sp³-hybridized carbons (Fsp3) is 0.294. The summed E-state index contributed by atoms with van der Waals surface area (Å²) in [4.78, 5) is 21.6. The molecule has 1 fully saturated rings. The summed E-state index contributed by atoms with van der Waals surface area (Å²) in [6.45, 7) is 3.52. The number of nitrogens with zero attached hydrogens (tertiary/aromatic N) is 5. The molecular formula is C17H16ClN5O2. The number of carboxylic acids is 1. The van der Waals surface area contributed by atoms with Crippen LogP contribution in [0.2, 0.25) is 5.02 Å². The topological polar surface area (TPSA) is 83.6 Å². The van der Waals surface area contributed by atoms with Gasteiger partial charge in [0, 0.05) is 35.8 Å². The van der Waals surface area contributed by atoms with E-state index in [2.05, 4.69) is 26.0 Å². The average molecular weight is 358 g/mol. The zero-order valence-corrected chi connectivity index (χ0v) is 14.3. The standard InChI is InChI=1S/C17H16ClN5O2/c1-10-7-14(23-17(19-10)20-15(21-23)16(24)25)22-6-5-12(9-22)11-3-2-4-13(18)8-11/h2-4,7-8,12H,5-6,9H2,1H3,(H,24,25)/t12-/m1/s1. The quantitative estimate of drug-likeness (QED) is 0.776. The van der Waals surface area contributed by atoms with Crippen molar-refractivity contribution in [3.63, 3.8) is 0 Å². The molecule has 7 nitrogen and oxygen atoms in total. The van der Waals surface area contributed by atoms with Crippen molar-refractivity contribution >= 4 is 29.2 Å². The summed E-state index contributed by atoms with van der Waals surface area (Å²) < 4.78 is 1.51. The maximum atomic E-state index is 11.2. The minimum Gasteiger partial charge on any atom is -0.475 e. The van der Waals surface area contributed by atoms with Crippen LogP contribution in [0.4, 0.5) is 5.82 Å². The molecule has 0 saturated carbocycles. The third kappa shape index (κ3) is 2.91. The molecule has 1 atom stereocenters. The molecule has 1 aromatic carbocycles. The second-order valence-electron chi connectivity index (χ2n) is 6.19. The molecule has 128 valence electrons. The van der Waals surface area contributed by atoms with Gasteiger partial charge >= 0.3 is 5.97 Å². The molecule has 0 aliphatic carbocycles. The first-order chi connectivity index (χ1) is 12.0. The number of aryl methyl sites for hydroxylation is 1. The SMILES string of the molecule is Cc1cc(N2CC[C@@H](c3cccc(Cl)c3)C2)n2nc(C(=O)O)nc2n1. The van der Waals surface area contributed by atoms with Crippen molar-refractivity contribution in [2.45, 2.75) is 19.3 Å². The van der Waals surface area contributed by atoms with Crippen molar-refractivity contribution in [2.24, 2.45) is 0 Å². The molecule has 4 rings (SSSR count). The first kappa shape index (κ1) is 15.8. The minimum absolute atomic E-state index is 0.245. The van der Waals surface area contributed by atoms with Gasteiger partial charge in [0.2, 0.25) is 0 Å². The van der Waals surface area contributed by atoms with Crippen LogP contribution in [0.1, 0.15) is 34.2 Å². The van der Waals surface area contributed by atoms with Crippen LogP contribution in [-0.4, -0.2) is 43.7 Å². The number of fused-ring (bicyclic) bond motifs is 1. The van der Waals surface area contributed by atoms with Gasteiger partial charge in [0.25, 0.3) is 11.6 Å². The van der Waals surface area contributed by atoms with Crippen molar-refractivity contribution in [3.8, 4) is 0 Å². The van der Waals surface area contributed by atoms with E-state index in [9.17, 15) is 4.79 Å². The predicted molar refractivity (Wildman–Crippen MR) is 93.5 cm³/mol. The first-order valence-electron chi connectivity index (χ1n) is 7.99. The van der Waals surface area contributed by atoms with E-state index in [4.69, 9.17) is 16.7 Å². The molecule has 0 bridgehead atoms. The highest BCUT2D eigenvalue weighted by atomic mass is 35.5. The Hall–Kier alpha value is -2.67. The van der Waals surface area contributed by atoms with Crippen molar-refractivity contribution in [1.29, 1.82) is 0 Å². The number of hydrogen-bond donors (Lipinski definition) is 1. The second kappa shape index (κ2) is 6.00. The van der Waals surface area contributed by atoms with Crippen LogP contribution >= 0.6 is 11.6 Å². The monoisotopic (exact) mass is 357 g/mol. The Labute approximate surface area is 148 Å². The van der Waals surface area contributed by atoms with Crippen LogP contribution in [0, 0.1) is 6.92 Å². The van der Waals surface area contributed by atoms with Gasteiger partial charge < -0.3 is 10.0 Å². The van der Waals surface area contributed by atoms with E-state index in [-0.39, 0.29) is 5.82 Å². The van der Waals surface area contributed by atoms with E-state index < -0.39 is 5.97 Å². The number of aromatic carboxylic acids is 1. The van der Waals surface area contributed by atoms with Crippen LogP contribution in [0.5, 0.6) is 0 Å². The molecule has 3 heterocycles. The van der Waals surface area contributed by atoms with Crippen molar-refractivity contribution in [3.05, 3.63) is 52.4 Å². The summed E-state index contributed by atoms with van der Waals surface area (Å²) in [5, 5.41) is 14.0. The van der Waals surface area contributed by atoms with Crippen LogP contribution < -0.4 is 4.90 Å². The van der Waals surface area contributed by atoms with E-state index in [0.717, 1.165) is 36.0 Å². The maximum Gasteiger partial charge on any atom is 0.375 e. The molecule has 0 radical (unpaired) electrons. The Morgan fingerprint density at radius 3 is 2.92 bits per heavy atom. The zero-order chi connectivity index (χ0) is 17.6. The van der Waals surface area contributed by atoms with Crippen LogP contribution in [0.3, 0.4) is 0 Å². The van der Waals surface area contributed by atoms with Crippen LogP contribution in [0.25, 0.3) is 5.78 Å². The smallest absolute Gasteiger partial charge is 0.375 e. The number of anilines is 1. The molecule has 0 unspecified atom stereocenters. The Morgan fingerprint density at radius 2 is 2.16 bits per heavy atom. The van der Waals surface area contributed by atoms with Gasteiger partial charge in [-0.2, -0.15) is 9.50 Å². The third-order valence-corrected chi connectivity index (χ3v) is 4.68. The minimum atomic E-state index is -1.16. The highest BCUT2D eigenvalue weighted by molar-refractivity contribution is 6.30. The molecule has 1 aliphatic rings. The van der Waals surface area contributed by atoms with E-state index in [0.29, 0.717) is 11.7 Å². The number of hydrogen-bond acceptors (Lipinski definition) is 5. The predicted octanol–water partition coefficient (Wildman–Crippen LogP) is 2.78. The van der Waals surface area contributed by atoms with Gasteiger partial charge in [-0.3, -0.25) is 0 Å². The van der Waals surface area contributed by atoms with E-state index in [1.54, 1.807) is 0 Å². The molecular weight excluding hydrogens is 342 g/mol. The molecule has 2 aromatic heterocycles. The molecule has 8 heteroatoms. The number of halogens is 1. The number of aromatic nitrogens is 4. The van der Waals surface area contributed by atoms with Gasteiger partial charge in [-0.25, -0.2) is 9.78 Å². The molecule has 1 saturated heterocycles. The fourth-order valence-electron chi connectivity index (χ4n) is 3.28. The summed E-state index contributed by atoms with van der Waals surface area (Å²) in [6, 6.07) is 9.84. The third-order valence-electron chi connectivity index (χ3n) is 4.45. The Morgan fingerprint density at radius 1 is 1.32 bits per heavy atom. The molecule has 1 N–H and O–H groups in total. The van der Waals surface area contributed by atoms with Gasteiger partial charge in [-0.05, 0) is 31.0 Å². The zero-order valence-electron chi connectivity index (χ0n) is 13.6. The Balaban J connectivity index is 1.69. The molecule has 0 amide bonds. The van der Waals surface area contributed by atoms with Gasteiger partial charge in [-0.1, -0.05) is 23.7 Å². The Kier molecular flexibility index (Phi) is 3.80. The highest BCUT2D eigenvalue weighted by Gasteiger charge is 2.27. The van der Waals surface area contributed by atoms with Crippen LogP contribution in [-0.2, 0) is 0 Å². The van der Waals surface area contributed by atoms with Crippen molar-refractivity contribution in [2.75, 3.05) is 18.0 Å². The largest absolute Gasteiger partial charge is 0.475 e. The maximum absolute atomic E-state index is 11.2. The van der Waals surface area contributed by atoms with Crippen molar-refractivity contribution < 1.29 is 9.90 Å². The summed E-state index contributed by atoms with van der Waals surface area (Å²) >= 11 is 6.11. The van der Waals surface area contributed by atoms with Crippen LogP contribution in [0.15, 0.2) is 30.3 Å². The summed E-state index contributed by atoms with van der Waals surface area (Å²) in [5.41, 5.74) is 1.99. The number of carbonyl (C=O) groups is 1. The van der Waals surface area contributed by atoms with Gasteiger partial charge in [-0.15, -0.1) is 5.10 Å². The lowest BCUT2D eigenvalue weighted by Crippen LogP contribution is -2.22. The molecule has 1 aliphatic heterocycles. The van der Waals surface area contributed by atoms with E-state index >= 15 is 0 Å². The van der Waals surface area contributed by atoms with E-state index in [1.165, 1.54) is 10.1 Å². The second-order valence-corrected chi connectivity index (χ2v) is 6.63. The first-order valence-corrected chi connectivity index (χ1v) is 8.37. The number of rotatable bonds is 3. The molecule has 25 heavy (non-hydrogen) atoms. The normalized spacial score (nSPS) is 17.4. The number of carboxylic acid groups (broad SMARTS) is 1. The fourth-order valence-corrected chi connectivity index (χ4v) is 3.48.